The average Bonchev–Trinajstić information content (AvgIpc) is 2.54. The summed E-state index contributed by atoms with van der Waals surface area (Å²) in [5.41, 5.74) is 0.300. The molecule has 6 nitrogen and oxygen atoms in total. The molecule has 2 saturated heterocycles. The van der Waals surface area contributed by atoms with Gasteiger partial charge in [-0.1, -0.05) is 12.1 Å². The van der Waals surface area contributed by atoms with Crippen molar-refractivity contribution in [3.8, 4) is 0 Å². The lowest BCUT2D eigenvalue weighted by atomic mass is 9.70. The maximum atomic E-state index is 11.9. The van der Waals surface area contributed by atoms with Gasteiger partial charge in [-0.3, -0.25) is 9.69 Å². The molecule has 2 heterocycles. The Kier molecular flexibility index (Phi) is 4.68. The molecule has 0 unspecified atom stereocenters. The standard InChI is InChI=1S/C17H24N2O4S/c1-24(22,23)14-5-3-13(4-6-14)11-19-10-7-15-17(12-19,16(20)21)8-2-9-18-15/h3-6,15,18H,2,7-12H2,1H3,(H,20,21)/t15-,17+/m0/s1. The van der Waals surface area contributed by atoms with Crippen molar-refractivity contribution in [2.45, 2.75) is 36.7 Å². The van der Waals surface area contributed by atoms with Crippen LogP contribution in [0, 0.1) is 5.41 Å². The Morgan fingerprint density at radius 2 is 2.08 bits per heavy atom. The third kappa shape index (κ3) is 3.34. The fourth-order valence-electron chi connectivity index (χ4n) is 3.97. The zero-order valence-electron chi connectivity index (χ0n) is 13.9. The number of carboxylic acid groups (broad SMARTS) is 1. The first kappa shape index (κ1) is 17.4. The Morgan fingerprint density at radius 1 is 1.38 bits per heavy atom. The molecule has 132 valence electrons. The van der Waals surface area contributed by atoms with Crippen molar-refractivity contribution in [3.63, 3.8) is 0 Å². The van der Waals surface area contributed by atoms with Crippen LogP contribution in [0.4, 0.5) is 0 Å². The van der Waals surface area contributed by atoms with Crippen LogP contribution >= 0.6 is 0 Å². The van der Waals surface area contributed by atoms with Gasteiger partial charge in [-0.15, -0.1) is 0 Å². The number of nitrogens with zero attached hydrogens (tertiary/aromatic N) is 1. The maximum Gasteiger partial charge on any atom is 0.312 e. The van der Waals surface area contributed by atoms with E-state index in [1.165, 1.54) is 6.26 Å². The van der Waals surface area contributed by atoms with Gasteiger partial charge in [0.1, 0.15) is 0 Å². The van der Waals surface area contributed by atoms with E-state index >= 15 is 0 Å². The summed E-state index contributed by atoms with van der Waals surface area (Å²) in [4.78, 5) is 14.4. The number of fused-ring (bicyclic) bond motifs is 1. The third-order valence-electron chi connectivity index (χ3n) is 5.28. The highest BCUT2D eigenvalue weighted by molar-refractivity contribution is 7.90. The highest BCUT2D eigenvalue weighted by atomic mass is 32.2. The Labute approximate surface area is 142 Å². The smallest absolute Gasteiger partial charge is 0.312 e. The Bertz CT molecular complexity index is 717. The summed E-state index contributed by atoms with van der Waals surface area (Å²) in [7, 11) is -3.19. The predicted octanol–water partition coefficient (Wildman–Crippen LogP) is 1.12. The van der Waals surface area contributed by atoms with Crippen molar-refractivity contribution in [2.24, 2.45) is 5.41 Å². The maximum absolute atomic E-state index is 11.9. The van der Waals surface area contributed by atoms with E-state index in [-0.39, 0.29) is 6.04 Å². The van der Waals surface area contributed by atoms with Crippen LogP contribution in [0.25, 0.3) is 0 Å². The van der Waals surface area contributed by atoms with Crippen molar-refractivity contribution < 1.29 is 18.3 Å². The molecular formula is C17H24N2O4S. The average molecular weight is 352 g/mol. The number of carbonyl (C=O) groups is 1. The second-order valence-corrected chi connectivity index (χ2v) is 9.00. The number of likely N-dealkylation sites (tertiary alicyclic amines) is 1. The summed E-state index contributed by atoms with van der Waals surface area (Å²) in [6.07, 6.45) is 3.62. The number of rotatable bonds is 4. The molecule has 0 saturated carbocycles. The van der Waals surface area contributed by atoms with Crippen LogP contribution < -0.4 is 5.32 Å². The molecular weight excluding hydrogens is 328 g/mol. The molecule has 3 rings (SSSR count). The van der Waals surface area contributed by atoms with Crippen molar-refractivity contribution >= 4 is 15.8 Å². The first-order valence-corrected chi connectivity index (χ1v) is 10.2. The summed E-state index contributed by atoms with van der Waals surface area (Å²) >= 11 is 0. The number of benzene rings is 1. The van der Waals surface area contributed by atoms with Gasteiger partial charge in [-0.05, 0) is 43.5 Å². The van der Waals surface area contributed by atoms with Crippen LogP contribution in [-0.4, -0.2) is 56.3 Å². The van der Waals surface area contributed by atoms with E-state index in [0.717, 1.165) is 31.5 Å². The second kappa shape index (κ2) is 6.46. The summed E-state index contributed by atoms with van der Waals surface area (Å²) in [5.74, 6) is -0.711. The molecule has 1 aromatic carbocycles. The lowest BCUT2D eigenvalue weighted by Gasteiger charge is -2.48. The minimum atomic E-state index is -3.19. The minimum absolute atomic E-state index is 0.0487. The molecule has 0 aromatic heterocycles. The van der Waals surface area contributed by atoms with E-state index in [9.17, 15) is 18.3 Å². The number of nitrogens with one attached hydrogen (secondary N) is 1. The molecule has 0 radical (unpaired) electrons. The zero-order valence-corrected chi connectivity index (χ0v) is 14.7. The number of hydrogen-bond donors (Lipinski definition) is 2. The largest absolute Gasteiger partial charge is 0.481 e. The van der Waals surface area contributed by atoms with E-state index in [1.54, 1.807) is 12.1 Å². The lowest BCUT2D eigenvalue weighted by Crippen LogP contribution is -2.62. The molecule has 0 spiro atoms. The normalized spacial score (nSPS) is 28.3. The number of hydrogen-bond acceptors (Lipinski definition) is 5. The Balaban J connectivity index is 1.73. The summed E-state index contributed by atoms with van der Waals surface area (Å²) in [5, 5.41) is 13.2. The number of carboxylic acids is 1. The summed E-state index contributed by atoms with van der Waals surface area (Å²) in [6.45, 7) is 2.92. The molecule has 2 aliphatic rings. The Hall–Kier alpha value is -1.44. The number of piperidine rings is 2. The highest BCUT2D eigenvalue weighted by Crippen LogP contribution is 2.38. The molecule has 2 aliphatic heterocycles. The van der Waals surface area contributed by atoms with Crippen LogP contribution in [-0.2, 0) is 21.2 Å². The van der Waals surface area contributed by atoms with E-state index < -0.39 is 21.2 Å². The first-order chi connectivity index (χ1) is 11.3. The van der Waals surface area contributed by atoms with Crippen molar-refractivity contribution in [1.82, 2.24) is 10.2 Å². The van der Waals surface area contributed by atoms with Gasteiger partial charge in [0, 0.05) is 31.9 Å². The molecule has 0 aliphatic carbocycles. The van der Waals surface area contributed by atoms with Crippen LogP contribution in [0.1, 0.15) is 24.8 Å². The highest BCUT2D eigenvalue weighted by Gasteiger charge is 2.50. The van der Waals surface area contributed by atoms with Gasteiger partial charge in [0.05, 0.1) is 10.3 Å². The fourth-order valence-corrected chi connectivity index (χ4v) is 4.60. The number of sulfone groups is 1. The second-order valence-electron chi connectivity index (χ2n) is 6.99. The van der Waals surface area contributed by atoms with Gasteiger partial charge < -0.3 is 10.4 Å². The molecule has 2 fully saturated rings. The lowest BCUT2D eigenvalue weighted by molar-refractivity contribution is -0.157. The minimum Gasteiger partial charge on any atom is -0.481 e. The van der Waals surface area contributed by atoms with Crippen LogP contribution in [0.2, 0.25) is 0 Å². The monoisotopic (exact) mass is 352 g/mol. The van der Waals surface area contributed by atoms with Crippen molar-refractivity contribution in [1.29, 1.82) is 0 Å². The van der Waals surface area contributed by atoms with Gasteiger partial charge in [0.15, 0.2) is 9.84 Å². The molecule has 7 heteroatoms. The van der Waals surface area contributed by atoms with Gasteiger partial charge in [-0.2, -0.15) is 0 Å². The molecule has 24 heavy (non-hydrogen) atoms. The van der Waals surface area contributed by atoms with Gasteiger partial charge in [0.2, 0.25) is 0 Å². The predicted molar refractivity (Wildman–Crippen MR) is 90.5 cm³/mol. The van der Waals surface area contributed by atoms with Gasteiger partial charge >= 0.3 is 5.97 Å². The summed E-state index contributed by atoms with van der Waals surface area (Å²) in [6, 6.07) is 6.91. The van der Waals surface area contributed by atoms with E-state index in [0.29, 0.717) is 24.4 Å². The molecule has 2 atom stereocenters. The van der Waals surface area contributed by atoms with Crippen LogP contribution in [0.15, 0.2) is 29.2 Å². The van der Waals surface area contributed by atoms with Gasteiger partial charge in [-0.25, -0.2) is 8.42 Å². The topological polar surface area (TPSA) is 86.7 Å². The SMILES string of the molecule is CS(=O)(=O)c1ccc(CN2CC[C@@H]3NCCC[C@@]3(C(=O)O)C2)cc1. The molecule has 2 N–H and O–H groups in total. The van der Waals surface area contributed by atoms with Crippen LogP contribution in [0.3, 0.4) is 0 Å². The van der Waals surface area contributed by atoms with Gasteiger partial charge in [0.25, 0.3) is 0 Å². The van der Waals surface area contributed by atoms with E-state index in [2.05, 4.69) is 10.2 Å². The Morgan fingerprint density at radius 3 is 2.71 bits per heavy atom. The summed E-state index contributed by atoms with van der Waals surface area (Å²) < 4.78 is 23.1. The van der Waals surface area contributed by atoms with Crippen molar-refractivity contribution in [2.75, 3.05) is 25.9 Å². The number of aliphatic carboxylic acids is 1. The molecule has 0 amide bonds. The quantitative estimate of drug-likeness (QED) is 0.844. The van der Waals surface area contributed by atoms with Crippen molar-refractivity contribution in [3.05, 3.63) is 29.8 Å². The fraction of sp³-hybridized carbons (Fsp3) is 0.588. The van der Waals surface area contributed by atoms with E-state index in [1.807, 2.05) is 12.1 Å². The molecule has 1 aromatic rings. The zero-order chi connectivity index (χ0) is 17.4. The van der Waals surface area contributed by atoms with E-state index in [4.69, 9.17) is 0 Å². The molecule has 0 bridgehead atoms. The third-order valence-corrected chi connectivity index (χ3v) is 6.41. The first-order valence-electron chi connectivity index (χ1n) is 8.29. The van der Waals surface area contributed by atoms with Crippen LogP contribution in [0.5, 0.6) is 0 Å².